The fourth-order valence-corrected chi connectivity index (χ4v) is 3.76. The Bertz CT molecular complexity index is 839. The van der Waals surface area contributed by atoms with Gasteiger partial charge >= 0.3 is 0 Å². The highest BCUT2D eigenvalue weighted by molar-refractivity contribution is 5.81. The van der Waals surface area contributed by atoms with Crippen LogP contribution < -0.4 is 10.2 Å². The number of aromatic nitrogens is 2. The number of nitrogens with one attached hydrogen (secondary N) is 1. The highest BCUT2D eigenvalue weighted by Gasteiger charge is 2.33. The molecule has 1 unspecified atom stereocenters. The highest BCUT2D eigenvalue weighted by Crippen LogP contribution is 2.25. The number of carbonyl (C=O) groups excluding carboxylic acids is 1. The molecule has 6 nitrogen and oxygen atoms in total. The van der Waals surface area contributed by atoms with Crippen LogP contribution in [0.4, 0.5) is 5.82 Å². The van der Waals surface area contributed by atoms with Gasteiger partial charge in [0.05, 0.1) is 0 Å². The minimum atomic E-state index is 0.227. The van der Waals surface area contributed by atoms with Crippen LogP contribution in [-0.2, 0) is 11.2 Å². The van der Waals surface area contributed by atoms with Crippen LogP contribution in [0.3, 0.4) is 0 Å². The summed E-state index contributed by atoms with van der Waals surface area (Å²) in [5, 5.41) is 20.3. The zero-order valence-electron chi connectivity index (χ0n) is 16.7. The summed E-state index contributed by atoms with van der Waals surface area (Å²) < 4.78 is 0. The van der Waals surface area contributed by atoms with Gasteiger partial charge in [0.2, 0.25) is 0 Å². The molecule has 6 heteroatoms. The molecule has 1 saturated heterocycles. The first-order valence-corrected chi connectivity index (χ1v) is 9.76. The first-order valence-electron chi connectivity index (χ1n) is 9.76. The minimum Gasteiger partial charge on any atom is -0.353 e. The summed E-state index contributed by atoms with van der Waals surface area (Å²) in [6.07, 6.45) is 1.01. The van der Waals surface area contributed by atoms with Crippen LogP contribution in [0.15, 0.2) is 36.4 Å². The summed E-state index contributed by atoms with van der Waals surface area (Å²) in [7, 11) is 1.93. The zero-order valence-corrected chi connectivity index (χ0v) is 16.7. The zero-order chi connectivity index (χ0) is 20.1. The van der Waals surface area contributed by atoms with Crippen LogP contribution in [0.2, 0.25) is 0 Å². The average molecular weight is 377 g/mol. The first kappa shape index (κ1) is 20.0. The maximum atomic E-state index is 12.7. The van der Waals surface area contributed by atoms with Crippen LogP contribution in [0, 0.1) is 17.2 Å². The van der Waals surface area contributed by atoms with Gasteiger partial charge in [0, 0.05) is 37.9 Å². The highest BCUT2D eigenvalue weighted by atomic mass is 16.1. The molecule has 2 aromatic rings. The molecule has 1 aromatic heterocycles. The molecule has 0 aliphatic carbocycles. The van der Waals surface area contributed by atoms with Crippen molar-refractivity contribution in [3.8, 4) is 6.07 Å². The molecule has 3 rings (SSSR count). The van der Waals surface area contributed by atoms with Crippen molar-refractivity contribution in [1.82, 2.24) is 15.5 Å². The number of Topliss-reactive ketones (excluding diaryl/α,β-unsaturated/α-hetero) is 1. The van der Waals surface area contributed by atoms with Gasteiger partial charge in [-0.25, -0.2) is 0 Å². The molecule has 1 N–H and O–H groups in total. The molecule has 1 fully saturated rings. The van der Waals surface area contributed by atoms with E-state index in [1.807, 2.05) is 19.2 Å². The van der Waals surface area contributed by atoms with E-state index in [1.54, 1.807) is 6.07 Å². The lowest BCUT2D eigenvalue weighted by Crippen LogP contribution is -2.34. The quantitative estimate of drug-likeness (QED) is 0.799. The van der Waals surface area contributed by atoms with E-state index >= 15 is 0 Å². The molecule has 2 atom stereocenters. The van der Waals surface area contributed by atoms with E-state index in [4.69, 9.17) is 5.26 Å². The molecule has 146 valence electrons. The van der Waals surface area contributed by atoms with Crippen molar-refractivity contribution in [3.05, 3.63) is 53.2 Å². The smallest absolute Gasteiger partial charge is 0.163 e. The van der Waals surface area contributed by atoms with Crippen molar-refractivity contribution in [2.75, 3.05) is 25.0 Å². The van der Waals surface area contributed by atoms with Gasteiger partial charge in [0.25, 0.3) is 0 Å². The Labute approximate surface area is 166 Å². The molecular weight excluding hydrogens is 350 g/mol. The summed E-state index contributed by atoms with van der Waals surface area (Å²) in [5.41, 5.74) is 2.67. The molecule has 0 amide bonds. The number of rotatable bonds is 7. The summed E-state index contributed by atoms with van der Waals surface area (Å²) in [5.74, 6) is 1.73. The van der Waals surface area contributed by atoms with Crippen molar-refractivity contribution < 1.29 is 4.79 Å². The number of likely N-dealkylation sites (N-methyl/N-ethyl adjacent to an activating group) is 1. The van der Waals surface area contributed by atoms with Crippen LogP contribution >= 0.6 is 0 Å². The number of carbonyl (C=O) groups is 1. The van der Waals surface area contributed by atoms with Crippen molar-refractivity contribution in [2.24, 2.45) is 5.92 Å². The molecule has 0 radical (unpaired) electrons. The molecule has 1 aliphatic heterocycles. The van der Waals surface area contributed by atoms with E-state index in [0.29, 0.717) is 24.5 Å². The first-order chi connectivity index (χ1) is 13.5. The van der Waals surface area contributed by atoms with Crippen LogP contribution in [-0.4, -0.2) is 42.2 Å². The summed E-state index contributed by atoms with van der Waals surface area (Å²) >= 11 is 0. The predicted octanol–water partition coefficient (Wildman–Crippen LogP) is 2.70. The number of ketones is 1. The molecule has 1 aliphatic rings. The second kappa shape index (κ2) is 8.94. The third kappa shape index (κ3) is 4.73. The normalized spacial score (nSPS) is 19.0. The van der Waals surface area contributed by atoms with Crippen LogP contribution in [0.1, 0.15) is 43.0 Å². The van der Waals surface area contributed by atoms with Gasteiger partial charge in [-0.05, 0) is 36.2 Å². The minimum absolute atomic E-state index is 0.227. The average Bonchev–Trinajstić information content (AvgIpc) is 3.11. The van der Waals surface area contributed by atoms with E-state index in [0.717, 1.165) is 24.5 Å². The number of hydrogen-bond acceptors (Lipinski definition) is 6. The lowest BCUT2D eigenvalue weighted by Gasteiger charge is -2.16. The lowest BCUT2D eigenvalue weighted by atomic mass is 9.93. The van der Waals surface area contributed by atoms with Crippen molar-refractivity contribution in [1.29, 1.82) is 5.26 Å². The maximum Gasteiger partial charge on any atom is 0.163 e. The summed E-state index contributed by atoms with van der Waals surface area (Å²) in [6.45, 7) is 5.87. The van der Waals surface area contributed by atoms with Gasteiger partial charge in [-0.2, -0.15) is 5.26 Å². The van der Waals surface area contributed by atoms with Gasteiger partial charge in [-0.1, -0.05) is 38.1 Å². The third-order valence-electron chi connectivity index (χ3n) is 5.44. The van der Waals surface area contributed by atoms with Crippen LogP contribution in [0.25, 0.3) is 0 Å². The SMILES string of the molecule is CN[C@@H]1CN(c2ccc(C#N)nn2)CC1CC(=O)Cc1ccc(C(C)C)cc1. The summed E-state index contributed by atoms with van der Waals surface area (Å²) in [4.78, 5) is 14.8. The number of anilines is 1. The Hall–Kier alpha value is -2.78. The lowest BCUT2D eigenvalue weighted by molar-refractivity contribution is -0.119. The number of nitrogens with zero attached hydrogens (tertiary/aromatic N) is 4. The van der Waals surface area contributed by atoms with Crippen molar-refractivity contribution in [2.45, 2.75) is 38.6 Å². The van der Waals surface area contributed by atoms with Gasteiger partial charge < -0.3 is 10.2 Å². The van der Waals surface area contributed by atoms with E-state index < -0.39 is 0 Å². The largest absolute Gasteiger partial charge is 0.353 e. The Morgan fingerprint density at radius 2 is 1.96 bits per heavy atom. The monoisotopic (exact) mass is 377 g/mol. The standard InChI is InChI=1S/C22H27N5O/c1-15(2)17-6-4-16(5-7-17)10-20(28)11-18-13-27(14-21(18)24-3)22-9-8-19(12-23)25-26-22/h4-9,15,18,21,24H,10-11,13-14H2,1-3H3/t18?,21-/m1/s1. The van der Waals surface area contributed by atoms with E-state index in [1.165, 1.54) is 5.56 Å². The van der Waals surface area contributed by atoms with Gasteiger partial charge in [0.1, 0.15) is 11.9 Å². The Morgan fingerprint density at radius 1 is 1.21 bits per heavy atom. The van der Waals surface area contributed by atoms with Crippen molar-refractivity contribution in [3.63, 3.8) is 0 Å². The van der Waals surface area contributed by atoms with Crippen LogP contribution in [0.5, 0.6) is 0 Å². The Kier molecular flexibility index (Phi) is 6.37. The van der Waals surface area contributed by atoms with E-state index in [2.05, 4.69) is 58.5 Å². The molecule has 0 saturated carbocycles. The number of nitriles is 1. The molecule has 2 heterocycles. The Morgan fingerprint density at radius 3 is 2.54 bits per heavy atom. The fraction of sp³-hybridized carbons (Fsp3) is 0.455. The second-order valence-electron chi connectivity index (χ2n) is 7.76. The molecule has 1 aromatic carbocycles. The Balaban J connectivity index is 1.60. The molecule has 28 heavy (non-hydrogen) atoms. The number of hydrogen-bond donors (Lipinski definition) is 1. The maximum absolute atomic E-state index is 12.7. The summed E-state index contributed by atoms with van der Waals surface area (Å²) in [6, 6.07) is 14.1. The topological polar surface area (TPSA) is 81.9 Å². The third-order valence-corrected chi connectivity index (χ3v) is 5.44. The molecule has 0 bridgehead atoms. The van der Waals surface area contributed by atoms with Gasteiger partial charge in [-0.15, -0.1) is 10.2 Å². The molecule has 0 spiro atoms. The predicted molar refractivity (Wildman–Crippen MR) is 109 cm³/mol. The van der Waals surface area contributed by atoms with E-state index in [-0.39, 0.29) is 17.7 Å². The van der Waals surface area contributed by atoms with Crippen molar-refractivity contribution >= 4 is 11.6 Å². The van der Waals surface area contributed by atoms with Gasteiger partial charge in [-0.3, -0.25) is 4.79 Å². The second-order valence-corrected chi connectivity index (χ2v) is 7.76. The van der Waals surface area contributed by atoms with E-state index in [9.17, 15) is 4.79 Å². The molecular formula is C22H27N5O. The fourth-order valence-electron chi connectivity index (χ4n) is 3.76. The number of benzene rings is 1. The van der Waals surface area contributed by atoms with Gasteiger partial charge in [0.15, 0.2) is 11.5 Å².